The largest absolute Gasteiger partial charge is 0.454 e. The second-order valence-corrected chi connectivity index (χ2v) is 5.64. The summed E-state index contributed by atoms with van der Waals surface area (Å²) in [7, 11) is 0. The molecule has 0 bridgehead atoms. The average molecular weight is 372 g/mol. The number of ether oxygens (including phenoxy) is 3. The van der Waals surface area contributed by atoms with Crippen molar-refractivity contribution >= 4 is 17.6 Å². The van der Waals surface area contributed by atoms with Gasteiger partial charge in [-0.2, -0.15) is 0 Å². The molecule has 140 valence electrons. The van der Waals surface area contributed by atoms with Crippen LogP contribution in [0, 0.1) is 10.1 Å². The van der Waals surface area contributed by atoms with Gasteiger partial charge in [-0.25, -0.2) is 4.79 Å². The molecule has 1 amide bonds. The van der Waals surface area contributed by atoms with Gasteiger partial charge in [0.1, 0.15) is 5.56 Å². The lowest BCUT2D eigenvalue weighted by atomic mass is 10.1. The van der Waals surface area contributed by atoms with Gasteiger partial charge in [-0.3, -0.25) is 14.9 Å². The molecule has 1 N–H and O–H groups in total. The molecule has 1 aliphatic heterocycles. The van der Waals surface area contributed by atoms with Crippen molar-refractivity contribution in [3.05, 3.63) is 63.7 Å². The van der Waals surface area contributed by atoms with E-state index >= 15 is 0 Å². The molecule has 0 unspecified atom stereocenters. The molecule has 9 heteroatoms. The van der Waals surface area contributed by atoms with Crippen molar-refractivity contribution in [2.45, 2.75) is 6.42 Å². The summed E-state index contributed by atoms with van der Waals surface area (Å²) < 4.78 is 15.1. The number of nitro groups is 1. The number of carbonyl (C=O) groups is 2. The molecule has 2 aromatic rings. The lowest BCUT2D eigenvalue weighted by Gasteiger charge is -2.08. The van der Waals surface area contributed by atoms with E-state index < -0.39 is 29.1 Å². The first-order chi connectivity index (χ1) is 13.0. The maximum Gasteiger partial charge on any atom is 0.345 e. The normalized spacial score (nSPS) is 11.7. The van der Waals surface area contributed by atoms with Crippen LogP contribution < -0.4 is 14.8 Å². The van der Waals surface area contributed by atoms with Crippen LogP contribution in [0.3, 0.4) is 0 Å². The SMILES string of the molecule is O=C(COC(=O)c1cc2c(cc1[N+](=O)[O-])OCO2)NCCc1ccccc1. The zero-order chi connectivity index (χ0) is 19.2. The summed E-state index contributed by atoms with van der Waals surface area (Å²) in [6.07, 6.45) is 0.633. The predicted molar refractivity (Wildman–Crippen MR) is 92.7 cm³/mol. The van der Waals surface area contributed by atoms with Gasteiger partial charge in [-0.15, -0.1) is 0 Å². The van der Waals surface area contributed by atoms with Crippen LogP contribution in [0.2, 0.25) is 0 Å². The average Bonchev–Trinajstić information content (AvgIpc) is 3.13. The van der Waals surface area contributed by atoms with Crippen LogP contribution >= 0.6 is 0 Å². The minimum atomic E-state index is -0.988. The molecule has 27 heavy (non-hydrogen) atoms. The standard InChI is InChI=1S/C18H16N2O7/c21-17(19-7-6-12-4-2-1-3-5-12)10-25-18(22)13-8-15-16(27-11-26-15)9-14(13)20(23)24/h1-5,8-9H,6-7,10-11H2,(H,19,21). The van der Waals surface area contributed by atoms with E-state index in [-0.39, 0.29) is 23.9 Å². The fraction of sp³-hybridized carbons (Fsp3) is 0.222. The van der Waals surface area contributed by atoms with Crippen molar-refractivity contribution in [2.24, 2.45) is 0 Å². The molecule has 0 spiro atoms. The van der Waals surface area contributed by atoms with Gasteiger partial charge in [0.2, 0.25) is 6.79 Å². The smallest absolute Gasteiger partial charge is 0.345 e. The Morgan fingerprint density at radius 1 is 1.15 bits per heavy atom. The van der Waals surface area contributed by atoms with E-state index in [1.807, 2.05) is 30.3 Å². The van der Waals surface area contributed by atoms with Gasteiger partial charge in [-0.05, 0) is 12.0 Å². The van der Waals surface area contributed by atoms with Crippen LogP contribution in [0.1, 0.15) is 15.9 Å². The zero-order valence-electron chi connectivity index (χ0n) is 14.2. The summed E-state index contributed by atoms with van der Waals surface area (Å²) in [5.41, 5.74) is 0.279. The zero-order valence-corrected chi connectivity index (χ0v) is 14.2. The number of rotatable bonds is 7. The highest BCUT2D eigenvalue weighted by molar-refractivity contribution is 5.96. The summed E-state index contributed by atoms with van der Waals surface area (Å²) >= 11 is 0. The van der Waals surface area contributed by atoms with Crippen LogP contribution in [0.4, 0.5) is 5.69 Å². The number of fused-ring (bicyclic) bond motifs is 1. The van der Waals surface area contributed by atoms with Gasteiger partial charge >= 0.3 is 5.97 Å². The van der Waals surface area contributed by atoms with E-state index in [0.717, 1.165) is 11.6 Å². The van der Waals surface area contributed by atoms with Crippen molar-refractivity contribution in [2.75, 3.05) is 19.9 Å². The van der Waals surface area contributed by atoms with Crippen LogP contribution in [0.25, 0.3) is 0 Å². The quantitative estimate of drug-likeness (QED) is 0.448. The third-order valence-corrected chi connectivity index (χ3v) is 3.82. The second kappa shape index (κ2) is 8.17. The molecule has 1 aliphatic rings. The van der Waals surface area contributed by atoms with E-state index in [1.165, 1.54) is 6.07 Å². The molecule has 0 saturated heterocycles. The van der Waals surface area contributed by atoms with Crippen molar-refractivity contribution in [1.82, 2.24) is 5.32 Å². The maximum absolute atomic E-state index is 12.2. The Labute approximate surface area is 154 Å². The highest BCUT2D eigenvalue weighted by atomic mass is 16.7. The van der Waals surface area contributed by atoms with Crippen LogP contribution in [-0.2, 0) is 16.0 Å². The Kier molecular flexibility index (Phi) is 5.50. The number of benzene rings is 2. The molecule has 0 atom stereocenters. The Hall–Kier alpha value is -3.62. The molecule has 2 aromatic carbocycles. The van der Waals surface area contributed by atoms with E-state index in [4.69, 9.17) is 14.2 Å². The maximum atomic E-state index is 12.2. The van der Waals surface area contributed by atoms with E-state index in [0.29, 0.717) is 13.0 Å². The van der Waals surface area contributed by atoms with E-state index in [1.54, 1.807) is 0 Å². The number of hydrogen-bond donors (Lipinski definition) is 1. The van der Waals surface area contributed by atoms with Gasteiger partial charge in [0.05, 0.1) is 11.0 Å². The molecule has 9 nitrogen and oxygen atoms in total. The Morgan fingerprint density at radius 3 is 2.56 bits per heavy atom. The van der Waals surface area contributed by atoms with Gasteiger partial charge < -0.3 is 19.5 Å². The number of nitrogens with zero attached hydrogens (tertiary/aromatic N) is 1. The Bertz CT molecular complexity index is 868. The predicted octanol–water partition coefficient (Wildman–Crippen LogP) is 1.84. The molecule has 1 heterocycles. The third-order valence-electron chi connectivity index (χ3n) is 3.82. The summed E-state index contributed by atoms with van der Waals surface area (Å²) in [5.74, 6) is -1.10. The minimum Gasteiger partial charge on any atom is -0.454 e. The molecule has 0 aromatic heterocycles. The first-order valence-electron chi connectivity index (χ1n) is 8.10. The molecular formula is C18H16N2O7. The topological polar surface area (TPSA) is 117 Å². The van der Waals surface area contributed by atoms with Crippen molar-refractivity contribution in [3.8, 4) is 11.5 Å². The van der Waals surface area contributed by atoms with Gasteiger partial charge in [-0.1, -0.05) is 30.3 Å². The molecule has 3 rings (SSSR count). The van der Waals surface area contributed by atoms with Crippen molar-refractivity contribution in [3.63, 3.8) is 0 Å². The summed E-state index contributed by atoms with van der Waals surface area (Å²) in [4.78, 5) is 34.4. The second-order valence-electron chi connectivity index (χ2n) is 5.64. The third kappa shape index (κ3) is 4.51. The number of nitro benzene ring substituents is 1. The summed E-state index contributed by atoms with van der Waals surface area (Å²) in [6, 6.07) is 11.8. The number of amides is 1. The number of carbonyl (C=O) groups excluding carboxylic acids is 2. The lowest BCUT2D eigenvalue weighted by Crippen LogP contribution is -2.30. The molecule has 0 fully saturated rings. The lowest BCUT2D eigenvalue weighted by molar-refractivity contribution is -0.385. The minimum absolute atomic E-state index is 0.0885. The van der Waals surface area contributed by atoms with Crippen molar-refractivity contribution in [1.29, 1.82) is 0 Å². The molecule has 0 saturated carbocycles. The van der Waals surface area contributed by atoms with Gasteiger partial charge in [0.15, 0.2) is 18.1 Å². The van der Waals surface area contributed by atoms with Gasteiger partial charge in [0.25, 0.3) is 11.6 Å². The Morgan fingerprint density at radius 2 is 1.85 bits per heavy atom. The van der Waals surface area contributed by atoms with E-state index in [9.17, 15) is 19.7 Å². The van der Waals surface area contributed by atoms with Gasteiger partial charge in [0, 0.05) is 12.6 Å². The van der Waals surface area contributed by atoms with Crippen LogP contribution in [0.5, 0.6) is 11.5 Å². The van der Waals surface area contributed by atoms with Crippen LogP contribution in [0.15, 0.2) is 42.5 Å². The van der Waals surface area contributed by atoms with E-state index in [2.05, 4.69) is 5.32 Å². The monoisotopic (exact) mass is 372 g/mol. The number of nitrogens with one attached hydrogen (secondary N) is 1. The fourth-order valence-corrected chi connectivity index (χ4v) is 2.50. The van der Waals surface area contributed by atoms with Crippen LogP contribution in [-0.4, -0.2) is 36.7 Å². The highest BCUT2D eigenvalue weighted by Gasteiger charge is 2.28. The molecule has 0 aliphatic carbocycles. The molecular weight excluding hydrogens is 356 g/mol. The number of esters is 1. The first-order valence-corrected chi connectivity index (χ1v) is 8.10. The Balaban J connectivity index is 1.54. The summed E-state index contributed by atoms with van der Waals surface area (Å²) in [6.45, 7) is -0.251. The number of hydrogen-bond acceptors (Lipinski definition) is 7. The summed E-state index contributed by atoms with van der Waals surface area (Å²) in [5, 5.41) is 13.8. The highest BCUT2D eigenvalue weighted by Crippen LogP contribution is 2.38. The fourth-order valence-electron chi connectivity index (χ4n) is 2.50. The first kappa shape index (κ1) is 18.2. The van der Waals surface area contributed by atoms with Crippen molar-refractivity contribution < 1.29 is 28.7 Å². The molecule has 0 radical (unpaired) electrons.